The Balaban J connectivity index is 1.17. The lowest BCUT2D eigenvalue weighted by Gasteiger charge is -2.34. The third-order valence-electron chi connectivity index (χ3n) is 11.3. The van der Waals surface area contributed by atoms with Crippen molar-refractivity contribution >= 4 is 21.8 Å². The molecule has 0 radical (unpaired) electrons. The van der Waals surface area contributed by atoms with Gasteiger partial charge in [-0.25, -0.2) is 15.0 Å². The van der Waals surface area contributed by atoms with Crippen molar-refractivity contribution in [3.8, 4) is 51.0 Å². The summed E-state index contributed by atoms with van der Waals surface area (Å²) in [6.07, 6.45) is 0. The first-order valence-corrected chi connectivity index (χ1v) is 19.0. The van der Waals surface area contributed by atoms with Crippen LogP contribution < -0.4 is 0 Å². The van der Waals surface area contributed by atoms with E-state index >= 15 is 0 Å². The monoisotopic (exact) mass is 714 g/mol. The van der Waals surface area contributed by atoms with Crippen molar-refractivity contribution in [1.82, 2.24) is 19.5 Å². The number of aromatic nitrogens is 4. The molecule has 0 bridgehead atoms. The molecule has 4 nitrogen and oxygen atoms in total. The van der Waals surface area contributed by atoms with Crippen molar-refractivity contribution in [2.75, 3.05) is 0 Å². The lowest BCUT2D eigenvalue weighted by molar-refractivity contribution is 0.772. The summed E-state index contributed by atoms with van der Waals surface area (Å²) in [4.78, 5) is 15.0. The molecule has 0 saturated heterocycles. The normalized spacial score (nSPS) is 12.8. The molecule has 1 aliphatic rings. The topological polar surface area (TPSA) is 43.6 Å². The molecular weight excluding hydrogens is 681 g/mol. The molecule has 0 spiro atoms. The second kappa shape index (κ2) is 12.9. The standard InChI is InChI=1S/C52H34N4/c1-5-17-35(18-6-1)49-53-50(36-19-7-2-8-20-36)55-51(54-49)37-29-31-40(32-30-37)56-46-28-16-14-26-42(46)44-34-33-43-41-25-13-15-27-45(41)52(47(43)48(44)56,38-21-9-3-10-22-38)39-23-11-4-12-24-39/h1-34H. The van der Waals surface area contributed by atoms with E-state index in [1.54, 1.807) is 0 Å². The Kier molecular flexibility index (Phi) is 7.36. The van der Waals surface area contributed by atoms with Crippen LogP contribution >= 0.6 is 0 Å². The van der Waals surface area contributed by atoms with E-state index < -0.39 is 5.41 Å². The number of benzene rings is 8. The van der Waals surface area contributed by atoms with E-state index in [-0.39, 0.29) is 0 Å². The molecule has 56 heavy (non-hydrogen) atoms. The molecule has 10 aromatic rings. The van der Waals surface area contributed by atoms with Crippen molar-refractivity contribution in [3.05, 3.63) is 229 Å². The molecule has 0 atom stereocenters. The summed E-state index contributed by atoms with van der Waals surface area (Å²) < 4.78 is 2.47. The fourth-order valence-corrected chi connectivity index (χ4v) is 8.95. The molecule has 0 unspecified atom stereocenters. The van der Waals surface area contributed by atoms with E-state index in [1.807, 2.05) is 60.7 Å². The minimum atomic E-state index is -0.549. The summed E-state index contributed by atoms with van der Waals surface area (Å²) >= 11 is 0. The van der Waals surface area contributed by atoms with Gasteiger partial charge in [0.15, 0.2) is 17.5 Å². The highest BCUT2D eigenvalue weighted by Crippen LogP contribution is 2.59. The van der Waals surface area contributed by atoms with E-state index in [0.29, 0.717) is 17.5 Å². The zero-order chi connectivity index (χ0) is 37.1. The van der Waals surface area contributed by atoms with Gasteiger partial charge in [-0.15, -0.1) is 0 Å². The molecule has 2 aromatic heterocycles. The molecule has 262 valence electrons. The molecule has 0 saturated carbocycles. The van der Waals surface area contributed by atoms with Gasteiger partial charge in [0.1, 0.15) is 0 Å². The molecular formula is C52H34N4. The maximum Gasteiger partial charge on any atom is 0.164 e. The van der Waals surface area contributed by atoms with Crippen LogP contribution in [0.25, 0.3) is 72.8 Å². The molecule has 1 aliphatic carbocycles. The van der Waals surface area contributed by atoms with E-state index in [4.69, 9.17) is 15.0 Å². The predicted octanol–water partition coefficient (Wildman–Crippen LogP) is 12.3. The van der Waals surface area contributed by atoms with Gasteiger partial charge in [0.05, 0.1) is 16.4 Å². The fraction of sp³-hybridized carbons (Fsp3) is 0.0192. The first-order chi connectivity index (χ1) is 27.8. The van der Waals surface area contributed by atoms with E-state index in [1.165, 1.54) is 49.7 Å². The highest BCUT2D eigenvalue weighted by molar-refractivity contribution is 6.14. The molecule has 0 amide bonds. The quantitative estimate of drug-likeness (QED) is 0.172. The number of hydrogen-bond acceptors (Lipinski definition) is 3. The van der Waals surface area contributed by atoms with Gasteiger partial charge in [-0.1, -0.05) is 176 Å². The molecule has 11 rings (SSSR count). The summed E-state index contributed by atoms with van der Waals surface area (Å²) in [5.74, 6) is 1.93. The van der Waals surface area contributed by atoms with Crippen LogP contribution in [0.2, 0.25) is 0 Å². The molecule has 8 aromatic carbocycles. The lowest BCUT2D eigenvalue weighted by Crippen LogP contribution is -2.29. The van der Waals surface area contributed by atoms with Crippen LogP contribution in [-0.4, -0.2) is 19.5 Å². The average molecular weight is 715 g/mol. The molecule has 0 aliphatic heterocycles. The van der Waals surface area contributed by atoms with E-state index in [2.05, 4.69) is 150 Å². The predicted molar refractivity (Wildman–Crippen MR) is 228 cm³/mol. The van der Waals surface area contributed by atoms with Gasteiger partial charge < -0.3 is 4.57 Å². The highest BCUT2D eigenvalue weighted by atomic mass is 15.0. The Labute approximate surface area is 325 Å². The van der Waals surface area contributed by atoms with Gasteiger partial charge in [0, 0.05) is 38.7 Å². The third-order valence-corrected chi connectivity index (χ3v) is 11.3. The number of para-hydroxylation sites is 1. The van der Waals surface area contributed by atoms with Crippen LogP contribution in [0.3, 0.4) is 0 Å². The van der Waals surface area contributed by atoms with Gasteiger partial charge in [0.25, 0.3) is 0 Å². The Hall–Kier alpha value is -7.43. The zero-order valence-corrected chi connectivity index (χ0v) is 30.4. The Bertz CT molecular complexity index is 2950. The largest absolute Gasteiger partial charge is 0.309 e. The molecule has 2 heterocycles. The van der Waals surface area contributed by atoms with Gasteiger partial charge >= 0.3 is 0 Å². The van der Waals surface area contributed by atoms with Gasteiger partial charge in [0.2, 0.25) is 0 Å². The second-order valence-electron chi connectivity index (χ2n) is 14.3. The fourth-order valence-electron chi connectivity index (χ4n) is 8.95. The number of nitrogens with zero attached hydrogens (tertiary/aromatic N) is 4. The summed E-state index contributed by atoms with van der Waals surface area (Å²) in [5.41, 5.74) is 13.3. The van der Waals surface area contributed by atoms with Crippen molar-refractivity contribution in [3.63, 3.8) is 0 Å². The minimum Gasteiger partial charge on any atom is -0.309 e. The summed E-state index contributed by atoms with van der Waals surface area (Å²) in [5, 5.41) is 2.45. The molecule has 4 heteroatoms. The summed E-state index contributed by atoms with van der Waals surface area (Å²) in [6.45, 7) is 0. The van der Waals surface area contributed by atoms with Crippen molar-refractivity contribution in [1.29, 1.82) is 0 Å². The maximum absolute atomic E-state index is 5.02. The van der Waals surface area contributed by atoms with Crippen LogP contribution in [0, 0.1) is 0 Å². The zero-order valence-electron chi connectivity index (χ0n) is 30.4. The van der Waals surface area contributed by atoms with Crippen molar-refractivity contribution in [2.45, 2.75) is 5.41 Å². The van der Waals surface area contributed by atoms with Gasteiger partial charge in [-0.05, 0) is 58.1 Å². The van der Waals surface area contributed by atoms with Crippen LogP contribution in [0.4, 0.5) is 0 Å². The number of fused-ring (bicyclic) bond motifs is 7. The van der Waals surface area contributed by atoms with Crippen LogP contribution in [0.5, 0.6) is 0 Å². The lowest BCUT2D eigenvalue weighted by atomic mass is 9.67. The van der Waals surface area contributed by atoms with E-state index in [9.17, 15) is 0 Å². The Morgan fingerprint density at radius 2 is 0.839 bits per heavy atom. The minimum absolute atomic E-state index is 0.549. The van der Waals surface area contributed by atoms with Crippen molar-refractivity contribution in [2.24, 2.45) is 0 Å². The second-order valence-corrected chi connectivity index (χ2v) is 14.3. The van der Waals surface area contributed by atoms with E-state index in [0.717, 1.165) is 27.9 Å². The Morgan fingerprint density at radius 3 is 1.43 bits per heavy atom. The summed E-state index contributed by atoms with van der Waals surface area (Å²) in [7, 11) is 0. The first-order valence-electron chi connectivity index (χ1n) is 19.0. The van der Waals surface area contributed by atoms with Gasteiger partial charge in [-0.2, -0.15) is 0 Å². The van der Waals surface area contributed by atoms with Crippen LogP contribution in [-0.2, 0) is 5.41 Å². The average Bonchev–Trinajstić information content (AvgIpc) is 3.79. The Morgan fingerprint density at radius 1 is 0.357 bits per heavy atom. The molecule has 0 fully saturated rings. The summed E-state index contributed by atoms with van der Waals surface area (Å²) in [6, 6.07) is 73.5. The first kappa shape index (κ1) is 32.0. The van der Waals surface area contributed by atoms with Crippen molar-refractivity contribution < 1.29 is 0 Å². The maximum atomic E-state index is 5.02. The molecule has 0 N–H and O–H groups in total. The smallest absolute Gasteiger partial charge is 0.164 e. The highest BCUT2D eigenvalue weighted by Gasteiger charge is 2.48. The third kappa shape index (κ3) is 4.83. The number of rotatable bonds is 6. The van der Waals surface area contributed by atoms with Crippen LogP contribution in [0.1, 0.15) is 22.3 Å². The number of hydrogen-bond donors (Lipinski definition) is 0. The van der Waals surface area contributed by atoms with Crippen LogP contribution in [0.15, 0.2) is 206 Å². The van der Waals surface area contributed by atoms with Gasteiger partial charge in [-0.3, -0.25) is 0 Å². The SMILES string of the molecule is c1ccc(-c2nc(-c3ccccc3)nc(-c3ccc(-n4c5ccccc5c5ccc6c(c54)C(c4ccccc4)(c4ccccc4)c4ccccc4-6)cc3)n2)cc1.